The number of carbonyl (C=O) groups excluding carboxylic acids is 1. The van der Waals surface area contributed by atoms with Gasteiger partial charge in [0.2, 0.25) is 5.91 Å². The summed E-state index contributed by atoms with van der Waals surface area (Å²) in [6.45, 7) is 7.82. The third-order valence-corrected chi connectivity index (χ3v) is 3.04. The molecule has 1 aliphatic rings. The van der Waals surface area contributed by atoms with Crippen LogP contribution in [0.25, 0.3) is 0 Å². The van der Waals surface area contributed by atoms with Crippen LogP contribution in [0.1, 0.15) is 40.0 Å². The molecule has 1 saturated heterocycles. The first-order valence-electron chi connectivity index (χ1n) is 6.45. The van der Waals surface area contributed by atoms with Crippen molar-refractivity contribution in [3.05, 3.63) is 0 Å². The monoisotopic (exact) mass is 243 g/mol. The Kier molecular flexibility index (Phi) is 5.40. The summed E-state index contributed by atoms with van der Waals surface area (Å²) in [5.74, 6) is 0.523. The van der Waals surface area contributed by atoms with Crippen LogP contribution in [0.5, 0.6) is 0 Å². The first-order valence-corrected chi connectivity index (χ1v) is 6.45. The summed E-state index contributed by atoms with van der Waals surface area (Å²) in [6, 6.07) is 0. The van der Waals surface area contributed by atoms with Crippen LogP contribution in [0, 0.1) is 5.92 Å². The van der Waals surface area contributed by atoms with Crippen LogP contribution in [-0.4, -0.2) is 47.8 Å². The highest BCUT2D eigenvalue weighted by atomic mass is 16.5. The first-order chi connectivity index (χ1) is 7.92. The predicted octanol–water partition coefficient (Wildman–Crippen LogP) is 1.42. The maximum atomic E-state index is 11.9. The van der Waals surface area contributed by atoms with Crippen LogP contribution in [-0.2, 0) is 9.53 Å². The number of aliphatic hydroxyl groups excluding tert-OH is 1. The minimum Gasteiger partial charge on any atom is -0.396 e. The van der Waals surface area contributed by atoms with Gasteiger partial charge < -0.3 is 14.7 Å². The van der Waals surface area contributed by atoms with Crippen LogP contribution in [0.15, 0.2) is 0 Å². The van der Waals surface area contributed by atoms with Gasteiger partial charge in [0.05, 0.1) is 5.60 Å². The number of amides is 1. The van der Waals surface area contributed by atoms with E-state index in [4.69, 9.17) is 9.84 Å². The SMILES string of the molecule is CC(C)(C)OCC(=O)N1CCCC(CCO)C1. The summed E-state index contributed by atoms with van der Waals surface area (Å²) in [4.78, 5) is 13.8. The molecular weight excluding hydrogens is 218 g/mol. The lowest BCUT2D eigenvalue weighted by Gasteiger charge is -2.33. The fourth-order valence-corrected chi connectivity index (χ4v) is 2.08. The molecule has 1 aliphatic heterocycles. The molecule has 1 N–H and O–H groups in total. The van der Waals surface area contributed by atoms with Gasteiger partial charge >= 0.3 is 0 Å². The van der Waals surface area contributed by atoms with Crippen molar-refractivity contribution < 1.29 is 14.6 Å². The molecule has 0 aliphatic carbocycles. The molecule has 17 heavy (non-hydrogen) atoms. The van der Waals surface area contributed by atoms with E-state index in [0.717, 1.165) is 32.4 Å². The second-order valence-electron chi connectivity index (χ2n) is 5.76. The normalized spacial score (nSPS) is 21.6. The summed E-state index contributed by atoms with van der Waals surface area (Å²) in [5.41, 5.74) is -0.268. The highest BCUT2D eigenvalue weighted by Gasteiger charge is 2.24. The summed E-state index contributed by atoms with van der Waals surface area (Å²) < 4.78 is 5.50. The van der Waals surface area contributed by atoms with Crippen LogP contribution in [0.3, 0.4) is 0 Å². The van der Waals surface area contributed by atoms with Crippen LogP contribution in [0.4, 0.5) is 0 Å². The fraction of sp³-hybridized carbons (Fsp3) is 0.923. The van der Waals surface area contributed by atoms with E-state index in [2.05, 4.69) is 0 Å². The van der Waals surface area contributed by atoms with Gasteiger partial charge in [-0.3, -0.25) is 4.79 Å². The molecule has 1 amide bonds. The molecule has 0 spiro atoms. The first kappa shape index (κ1) is 14.5. The smallest absolute Gasteiger partial charge is 0.248 e. The Morgan fingerprint density at radius 1 is 1.47 bits per heavy atom. The Morgan fingerprint density at radius 3 is 2.76 bits per heavy atom. The number of aliphatic hydroxyl groups is 1. The van der Waals surface area contributed by atoms with Crippen molar-refractivity contribution in [2.75, 3.05) is 26.3 Å². The molecular formula is C13H25NO3. The number of piperidine rings is 1. The molecule has 0 bridgehead atoms. The third kappa shape index (κ3) is 5.50. The molecule has 0 aromatic heterocycles. The number of hydrogen-bond acceptors (Lipinski definition) is 3. The van der Waals surface area contributed by atoms with Gasteiger partial charge in [0.15, 0.2) is 0 Å². The topological polar surface area (TPSA) is 49.8 Å². The largest absolute Gasteiger partial charge is 0.396 e. The minimum atomic E-state index is -0.268. The zero-order chi connectivity index (χ0) is 12.9. The van der Waals surface area contributed by atoms with Gasteiger partial charge in [-0.1, -0.05) is 0 Å². The van der Waals surface area contributed by atoms with Gasteiger partial charge in [-0.25, -0.2) is 0 Å². The van der Waals surface area contributed by atoms with Crippen LogP contribution < -0.4 is 0 Å². The van der Waals surface area contributed by atoms with Crippen molar-refractivity contribution in [2.24, 2.45) is 5.92 Å². The van der Waals surface area contributed by atoms with E-state index >= 15 is 0 Å². The van der Waals surface area contributed by atoms with Gasteiger partial charge in [-0.15, -0.1) is 0 Å². The van der Waals surface area contributed by atoms with Gasteiger partial charge in [0.25, 0.3) is 0 Å². The molecule has 4 nitrogen and oxygen atoms in total. The summed E-state index contributed by atoms with van der Waals surface area (Å²) in [7, 11) is 0. The average molecular weight is 243 g/mol. The molecule has 0 saturated carbocycles. The zero-order valence-electron chi connectivity index (χ0n) is 11.2. The number of hydrogen-bond donors (Lipinski definition) is 1. The van der Waals surface area contributed by atoms with E-state index in [1.54, 1.807) is 0 Å². The van der Waals surface area contributed by atoms with Crippen molar-refractivity contribution >= 4 is 5.91 Å². The maximum absolute atomic E-state index is 11.9. The van der Waals surface area contributed by atoms with Crippen molar-refractivity contribution in [3.63, 3.8) is 0 Å². The van der Waals surface area contributed by atoms with Crippen LogP contribution >= 0.6 is 0 Å². The average Bonchev–Trinajstić information content (AvgIpc) is 2.26. The van der Waals surface area contributed by atoms with E-state index in [1.165, 1.54) is 0 Å². The van der Waals surface area contributed by atoms with Crippen molar-refractivity contribution in [1.29, 1.82) is 0 Å². The Hall–Kier alpha value is -0.610. The van der Waals surface area contributed by atoms with Gasteiger partial charge in [-0.05, 0) is 46.0 Å². The second-order valence-corrected chi connectivity index (χ2v) is 5.76. The molecule has 1 fully saturated rings. The van der Waals surface area contributed by atoms with E-state index in [0.29, 0.717) is 5.92 Å². The van der Waals surface area contributed by atoms with E-state index in [1.807, 2.05) is 25.7 Å². The standard InChI is InChI=1S/C13H25NO3/c1-13(2,3)17-10-12(16)14-7-4-5-11(9-14)6-8-15/h11,15H,4-10H2,1-3H3. The Bertz CT molecular complexity index is 246. The van der Waals surface area contributed by atoms with Gasteiger partial charge in [0.1, 0.15) is 6.61 Å². The molecule has 0 aromatic rings. The highest BCUT2D eigenvalue weighted by Crippen LogP contribution is 2.19. The zero-order valence-corrected chi connectivity index (χ0v) is 11.2. The van der Waals surface area contributed by atoms with Crippen molar-refractivity contribution in [1.82, 2.24) is 4.90 Å². The second kappa shape index (κ2) is 6.36. The summed E-state index contributed by atoms with van der Waals surface area (Å²) in [5, 5.41) is 8.93. The van der Waals surface area contributed by atoms with Crippen molar-refractivity contribution in [3.8, 4) is 0 Å². The molecule has 4 heteroatoms. The highest BCUT2D eigenvalue weighted by molar-refractivity contribution is 5.77. The number of nitrogens with zero attached hydrogens (tertiary/aromatic N) is 1. The molecule has 0 radical (unpaired) electrons. The fourth-order valence-electron chi connectivity index (χ4n) is 2.08. The molecule has 1 rings (SSSR count). The lowest BCUT2D eigenvalue weighted by Crippen LogP contribution is -2.43. The molecule has 1 atom stereocenters. The number of carbonyl (C=O) groups is 1. The van der Waals surface area contributed by atoms with Gasteiger partial charge in [-0.2, -0.15) is 0 Å². The Labute approximate surface area is 104 Å². The Morgan fingerprint density at radius 2 is 2.18 bits per heavy atom. The quantitative estimate of drug-likeness (QED) is 0.812. The van der Waals surface area contributed by atoms with Crippen molar-refractivity contribution in [2.45, 2.75) is 45.6 Å². The summed E-state index contributed by atoms with van der Waals surface area (Å²) in [6.07, 6.45) is 2.94. The van der Waals surface area contributed by atoms with E-state index in [9.17, 15) is 4.79 Å². The Balaban J connectivity index is 2.36. The number of likely N-dealkylation sites (tertiary alicyclic amines) is 1. The van der Waals surface area contributed by atoms with Gasteiger partial charge in [0, 0.05) is 19.7 Å². The lowest BCUT2D eigenvalue weighted by atomic mass is 9.95. The molecule has 0 aromatic carbocycles. The maximum Gasteiger partial charge on any atom is 0.248 e. The molecule has 100 valence electrons. The summed E-state index contributed by atoms with van der Waals surface area (Å²) >= 11 is 0. The minimum absolute atomic E-state index is 0.0718. The number of rotatable bonds is 4. The van der Waals surface area contributed by atoms with E-state index < -0.39 is 0 Å². The number of ether oxygens (including phenoxy) is 1. The lowest BCUT2D eigenvalue weighted by molar-refractivity contribution is -0.142. The predicted molar refractivity (Wildman–Crippen MR) is 66.7 cm³/mol. The third-order valence-electron chi connectivity index (χ3n) is 3.04. The van der Waals surface area contributed by atoms with Crippen LogP contribution in [0.2, 0.25) is 0 Å². The van der Waals surface area contributed by atoms with E-state index in [-0.39, 0.29) is 24.7 Å². The molecule has 1 unspecified atom stereocenters. The molecule has 1 heterocycles.